The zero-order valence-corrected chi connectivity index (χ0v) is 12.8. The Morgan fingerprint density at radius 3 is 2.71 bits per heavy atom. The van der Waals surface area contributed by atoms with Crippen LogP contribution in [0.3, 0.4) is 0 Å². The van der Waals surface area contributed by atoms with Crippen molar-refractivity contribution in [3.63, 3.8) is 0 Å². The zero-order valence-electron chi connectivity index (χ0n) is 12.0. The van der Waals surface area contributed by atoms with Crippen LogP contribution in [0.5, 0.6) is 5.75 Å². The van der Waals surface area contributed by atoms with E-state index in [4.69, 9.17) is 5.26 Å². The number of hydrogen-bond donors (Lipinski definition) is 1. The van der Waals surface area contributed by atoms with E-state index in [1.54, 1.807) is 40.7 Å². The predicted octanol–water partition coefficient (Wildman–Crippen LogP) is 2.79. The molecule has 0 radical (unpaired) electrons. The molecule has 0 spiro atoms. The summed E-state index contributed by atoms with van der Waals surface area (Å²) in [5.41, 5.74) is 0.515. The van der Waals surface area contributed by atoms with Crippen molar-refractivity contribution in [1.29, 1.82) is 5.26 Å². The van der Waals surface area contributed by atoms with Crippen LogP contribution < -0.4 is 0 Å². The molecule has 0 amide bonds. The Kier molecular flexibility index (Phi) is 4.81. The van der Waals surface area contributed by atoms with Crippen LogP contribution in [0.2, 0.25) is 0 Å². The van der Waals surface area contributed by atoms with E-state index in [1.165, 1.54) is 0 Å². The number of nitriles is 1. The maximum atomic E-state index is 9.30. The monoisotopic (exact) mass is 303 g/mol. The molecule has 2 aromatic rings. The highest BCUT2D eigenvalue weighted by molar-refractivity contribution is 7.99. The molecule has 0 fully saturated rings. The normalized spacial score (nSPS) is 11.3. The van der Waals surface area contributed by atoms with Crippen LogP contribution in [0.1, 0.15) is 26.7 Å². The minimum absolute atomic E-state index is 0.208. The standard InChI is InChI=1S/C14H17N5OS/c1-14(2,10-15)8-3-9-21-13-16-17-18-19(13)11-4-6-12(20)7-5-11/h4-7,20H,3,8-9H2,1-2H3. The lowest BCUT2D eigenvalue weighted by Gasteiger charge is -2.13. The lowest BCUT2D eigenvalue weighted by Crippen LogP contribution is -2.07. The molecule has 0 atom stereocenters. The number of rotatable bonds is 6. The van der Waals surface area contributed by atoms with Crippen LogP contribution in [0, 0.1) is 16.7 Å². The summed E-state index contributed by atoms with van der Waals surface area (Å²) in [6.07, 6.45) is 1.77. The quantitative estimate of drug-likeness (QED) is 0.652. The third-order valence-corrected chi connectivity index (χ3v) is 4.02. The highest BCUT2D eigenvalue weighted by Crippen LogP contribution is 2.25. The Morgan fingerprint density at radius 1 is 1.33 bits per heavy atom. The largest absolute Gasteiger partial charge is 0.508 e. The Hall–Kier alpha value is -2.07. The fourth-order valence-electron chi connectivity index (χ4n) is 1.76. The molecule has 0 saturated carbocycles. The van der Waals surface area contributed by atoms with Gasteiger partial charge >= 0.3 is 0 Å². The Balaban J connectivity index is 1.95. The van der Waals surface area contributed by atoms with Gasteiger partial charge in [0.15, 0.2) is 0 Å². The number of nitrogens with zero attached hydrogens (tertiary/aromatic N) is 5. The molecule has 0 aliphatic carbocycles. The molecule has 110 valence electrons. The molecule has 2 rings (SSSR count). The molecule has 0 saturated heterocycles. The van der Waals surface area contributed by atoms with Gasteiger partial charge in [0.1, 0.15) is 5.75 Å². The van der Waals surface area contributed by atoms with Gasteiger partial charge < -0.3 is 5.11 Å². The topological polar surface area (TPSA) is 87.6 Å². The maximum absolute atomic E-state index is 9.30. The van der Waals surface area contributed by atoms with E-state index in [9.17, 15) is 5.11 Å². The van der Waals surface area contributed by atoms with E-state index in [2.05, 4.69) is 21.6 Å². The third kappa shape index (κ3) is 4.20. The van der Waals surface area contributed by atoms with E-state index in [0.717, 1.165) is 24.3 Å². The molecule has 0 unspecified atom stereocenters. The maximum Gasteiger partial charge on any atom is 0.214 e. The lowest BCUT2D eigenvalue weighted by molar-refractivity contribution is 0.447. The minimum Gasteiger partial charge on any atom is -0.508 e. The van der Waals surface area contributed by atoms with Gasteiger partial charge in [-0.25, -0.2) is 0 Å². The van der Waals surface area contributed by atoms with Gasteiger partial charge in [-0.3, -0.25) is 0 Å². The van der Waals surface area contributed by atoms with E-state index in [-0.39, 0.29) is 11.2 Å². The van der Waals surface area contributed by atoms with E-state index < -0.39 is 0 Å². The molecule has 0 aliphatic heterocycles. The third-order valence-electron chi connectivity index (χ3n) is 3.02. The summed E-state index contributed by atoms with van der Waals surface area (Å²) >= 11 is 1.56. The fraction of sp³-hybridized carbons (Fsp3) is 0.429. The van der Waals surface area contributed by atoms with Gasteiger partial charge in [0.2, 0.25) is 5.16 Å². The second-order valence-electron chi connectivity index (χ2n) is 5.34. The fourth-order valence-corrected chi connectivity index (χ4v) is 2.59. The summed E-state index contributed by atoms with van der Waals surface area (Å²) in [6.45, 7) is 3.89. The van der Waals surface area contributed by atoms with Crippen LogP contribution in [0.15, 0.2) is 29.4 Å². The molecule has 1 heterocycles. The number of thioether (sulfide) groups is 1. The molecule has 0 bridgehead atoms. The van der Waals surface area contributed by atoms with Gasteiger partial charge in [-0.15, -0.1) is 5.10 Å². The summed E-state index contributed by atoms with van der Waals surface area (Å²) < 4.78 is 1.64. The van der Waals surface area contributed by atoms with Crippen molar-refractivity contribution in [3.05, 3.63) is 24.3 Å². The van der Waals surface area contributed by atoms with Gasteiger partial charge in [-0.05, 0) is 61.4 Å². The number of benzene rings is 1. The second kappa shape index (κ2) is 6.59. The van der Waals surface area contributed by atoms with Crippen LogP contribution in [-0.4, -0.2) is 31.1 Å². The summed E-state index contributed by atoms with van der Waals surface area (Å²) in [6, 6.07) is 9.01. The lowest BCUT2D eigenvalue weighted by atomic mass is 9.90. The van der Waals surface area contributed by atoms with Gasteiger partial charge in [-0.1, -0.05) is 11.8 Å². The number of tetrazole rings is 1. The zero-order chi connectivity index (χ0) is 15.3. The molecular formula is C14H17N5OS. The Morgan fingerprint density at radius 2 is 2.05 bits per heavy atom. The van der Waals surface area contributed by atoms with Gasteiger partial charge in [0, 0.05) is 5.75 Å². The van der Waals surface area contributed by atoms with Crippen molar-refractivity contribution in [2.24, 2.45) is 5.41 Å². The Bertz CT molecular complexity index is 630. The average molecular weight is 303 g/mol. The van der Waals surface area contributed by atoms with Crippen molar-refractivity contribution < 1.29 is 5.11 Å². The van der Waals surface area contributed by atoms with Crippen molar-refractivity contribution >= 4 is 11.8 Å². The first-order valence-corrected chi connectivity index (χ1v) is 7.62. The number of aromatic hydroxyl groups is 1. The molecule has 0 aliphatic rings. The molecule has 7 heteroatoms. The first-order chi connectivity index (χ1) is 10.0. The van der Waals surface area contributed by atoms with Gasteiger partial charge in [0.25, 0.3) is 0 Å². The van der Waals surface area contributed by atoms with Gasteiger partial charge in [-0.2, -0.15) is 9.94 Å². The number of aromatic nitrogens is 4. The van der Waals surface area contributed by atoms with Crippen molar-refractivity contribution in [2.75, 3.05) is 5.75 Å². The summed E-state index contributed by atoms with van der Waals surface area (Å²) in [7, 11) is 0. The number of phenols is 1. The first kappa shape index (κ1) is 15.3. The first-order valence-electron chi connectivity index (χ1n) is 6.64. The Labute approximate surface area is 127 Å². The molecular weight excluding hydrogens is 286 g/mol. The van der Waals surface area contributed by atoms with E-state index >= 15 is 0 Å². The second-order valence-corrected chi connectivity index (χ2v) is 6.40. The summed E-state index contributed by atoms with van der Waals surface area (Å²) in [5, 5.41) is 30.6. The molecule has 1 N–H and O–H groups in total. The minimum atomic E-state index is -0.288. The van der Waals surface area contributed by atoms with E-state index in [0.29, 0.717) is 5.16 Å². The predicted molar refractivity (Wildman–Crippen MR) is 80.2 cm³/mol. The van der Waals surface area contributed by atoms with Crippen molar-refractivity contribution in [3.8, 4) is 17.5 Å². The van der Waals surface area contributed by atoms with Crippen LogP contribution in [-0.2, 0) is 0 Å². The van der Waals surface area contributed by atoms with Crippen molar-refractivity contribution in [2.45, 2.75) is 31.8 Å². The summed E-state index contributed by atoms with van der Waals surface area (Å²) in [5.74, 6) is 1.06. The van der Waals surface area contributed by atoms with Crippen LogP contribution >= 0.6 is 11.8 Å². The smallest absolute Gasteiger partial charge is 0.214 e. The van der Waals surface area contributed by atoms with Crippen molar-refractivity contribution in [1.82, 2.24) is 20.2 Å². The number of phenolic OH excluding ortho intramolecular Hbond substituents is 1. The van der Waals surface area contributed by atoms with Gasteiger partial charge in [0.05, 0.1) is 17.2 Å². The highest BCUT2D eigenvalue weighted by Gasteiger charge is 2.16. The van der Waals surface area contributed by atoms with Crippen LogP contribution in [0.25, 0.3) is 5.69 Å². The van der Waals surface area contributed by atoms with Crippen LogP contribution in [0.4, 0.5) is 0 Å². The summed E-state index contributed by atoms with van der Waals surface area (Å²) in [4.78, 5) is 0. The number of hydrogen-bond acceptors (Lipinski definition) is 6. The molecule has 1 aromatic heterocycles. The SMILES string of the molecule is CC(C)(C#N)CCCSc1nnnn1-c1ccc(O)cc1. The average Bonchev–Trinajstić information content (AvgIpc) is 2.93. The molecule has 6 nitrogen and oxygen atoms in total. The van der Waals surface area contributed by atoms with E-state index in [1.807, 2.05) is 13.8 Å². The highest BCUT2D eigenvalue weighted by atomic mass is 32.2. The molecule has 21 heavy (non-hydrogen) atoms. The molecule has 1 aromatic carbocycles.